The average molecular weight is 492 g/mol. The van der Waals surface area contributed by atoms with Crippen molar-refractivity contribution in [2.45, 2.75) is 37.1 Å². The third-order valence-electron chi connectivity index (χ3n) is 5.41. The molecular formula is C26H25N3O5S. The molecule has 0 aliphatic heterocycles. The van der Waals surface area contributed by atoms with Crippen LogP contribution in [-0.2, 0) is 21.2 Å². The van der Waals surface area contributed by atoms with Crippen LogP contribution < -0.4 is 15.5 Å². The number of amides is 1. The molecule has 35 heavy (non-hydrogen) atoms. The van der Waals surface area contributed by atoms with Crippen molar-refractivity contribution >= 4 is 32.5 Å². The SMILES string of the molecule is CCOc1ccc(NC(=O)Cn2cc(S(=O)(=O)c3ccc(C)cc3)c(=O)c3ccc(C)nc32)cc1. The minimum absolute atomic E-state index is 0.00464. The Morgan fingerprint density at radius 1 is 1.00 bits per heavy atom. The van der Waals surface area contributed by atoms with Gasteiger partial charge in [-0.1, -0.05) is 17.7 Å². The lowest BCUT2D eigenvalue weighted by molar-refractivity contribution is -0.116. The Morgan fingerprint density at radius 3 is 2.34 bits per heavy atom. The van der Waals surface area contributed by atoms with Gasteiger partial charge in [0.15, 0.2) is 0 Å². The first kappa shape index (κ1) is 24.2. The number of sulfone groups is 1. The zero-order chi connectivity index (χ0) is 25.2. The van der Waals surface area contributed by atoms with Gasteiger partial charge < -0.3 is 14.6 Å². The summed E-state index contributed by atoms with van der Waals surface area (Å²) in [5.74, 6) is 0.281. The minimum Gasteiger partial charge on any atom is -0.494 e. The molecule has 0 aliphatic carbocycles. The van der Waals surface area contributed by atoms with Gasteiger partial charge in [-0.3, -0.25) is 9.59 Å². The summed E-state index contributed by atoms with van der Waals surface area (Å²) in [5, 5.41) is 2.90. The lowest BCUT2D eigenvalue weighted by Gasteiger charge is -2.14. The number of nitrogens with one attached hydrogen (secondary N) is 1. The topological polar surface area (TPSA) is 107 Å². The van der Waals surface area contributed by atoms with Crippen LogP contribution in [0.15, 0.2) is 81.4 Å². The van der Waals surface area contributed by atoms with Gasteiger partial charge in [0.05, 0.1) is 16.9 Å². The van der Waals surface area contributed by atoms with Gasteiger partial charge in [0.1, 0.15) is 22.8 Å². The Balaban J connectivity index is 1.74. The minimum atomic E-state index is -4.12. The molecule has 0 atom stereocenters. The maximum atomic E-state index is 13.3. The van der Waals surface area contributed by atoms with Crippen LogP contribution in [0.2, 0.25) is 0 Å². The van der Waals surface area contributed by atoms with Crippen molar-refractivity contribution in [3.8, 4) is 5.75 Å². The molecule has 2 heterocycles. The van der Waals surface area contributed by atoms with Crippen molar-refractivity contribution in [3.05, 3.63) is 88.3 Å². The van der Waals surface area contributed by atoms with Crippen molar-refractivity contribution in [2.75, 3.05) is 11.9 Å². The van der Waals surface area contributed by atoms with Gasteiger partial charge in [0.25, 0.3) is 0 Å². The predicted molar refractivity (Wildman–Crippen MR) is 134 cm³/mol. The Hall–Kier alpha value is -3.98. The molecule has 4 aromatic rings. The Kier molecular flexibility index (Phi) is 6.70. The first-order valence-corrected chi connectivity index (χ1v) is 12.5. The maximum absolute atomic E-state index is 13.3. The lowest BCUT2D eigenvalue weighted by Crippen LogP contribution is -2.24. The van der Waals surface area contributed by atoms with E-state index in [1.165, 1.54) is 29.0 Å². The highest BCUT2D eigenvalue weighted by atomic mass is 32.2. The number of carbonyl (C=O) groups excluding carboxylic acids is 1. The summed E-state index contributed by atoms with van der Waals surface area (Å²) in [6.07, 6.45) is 1.20. The zero-order valence-corrected chi connectivity index (χ0v) is 20.4. The number of hydrogen-bond acceptors (Lipinski definition) is 6. The third-order valence-corrected chi connectivity index (χ3v) is 7.17. The fraction of sp³-hybridized carbons (Fsp3) is 0.192. The molecule has 4 rings (SSSR count). The maximum Gasteiger partial charge on any atom is 0.244 e. The molecule has 2 aromatic carbocycles. The molecule has 1 amide bonds. The molecule has 1 N–H and O–H groups in total. The van der Waals surface area contributed by atoms with Gasteiger partial charge in [-0.2, -0.15) is 0 Å². The summed E-state index contributed by atoms with van der Waals surface area (Å²) in [6.45, 7) is 5.78. The van der Waals surface area contributed by atoms with E-state index in [9.17, 15) is 18.0 Å². The summed E-state index contributed by atoms with van der Waals surface area (Å²) >= 11 is 0. The zero-order valence-electron chi connectivity index (χ0n) is 19.6. The second kappa shape index (κ2) is 9.71. The number of hydrogen-bond donors (Lipinski definition) is 1. The van der Waals surface area contributed by atoms with E-state index in [4.69, 9.17) is 4.74 Å². The standard InChI is InChI=1S/C26H25N3O5S/c1-4-34-20-10-8-19(9-11-20)28-24(30)16-29-15-23(25(31)22-14-7-18(3)27-26(22)29)35(32,33)21-12-5-17(2)6-13-21/h5-15H,4,16H2,1-3H3,(H,28,30). The molecule has 0 saturated heterocycles. The molecule has 0 spiro atoms. The van der Waals surface area contributed by atoms with Crippen LogP contribution in [0.4, 0.5) is 5.69 Å². The molecule has 0 radical (unpaired) electrons. The van der Waals surface area contributed by atoms with Crippen LogP contribution in [0.5, 0.6) is 5.75 Å². The summed E-state index contributed by atoms with van der Waals surface area (Å²) in [6, 6.07) is 16.3. The molecule has 0 fully saturated rings. The largest absolute Gasteiger partial charge is 0.494 e. The van der Waals surface area contributed by atoms with E-state index in [1.54, 1.807) is 49.4 Å². The van der Waals surface area contributed by atoms with Crippen molar-refractivity contribution in [3.63, 3.8) is 0 Å². The van der Waals surface area contributed by atoms with E-state index >= 15 is 0 Å². The fourth-order valence-corrected chi connectivity index (χ4v) is 5.01. The van der Waals surface area contributed by atoms with Gasteiger partial charge in [0, 0.05) is 17.6 Å². The number of ether oxygens (including phenoxy) is 1. The monoisotopic (exact) mass is 491 g/mol. The van der Waals surface area contributed by atoms with Crippen LogP contribution in [0.3, 0.4) is 0 Å². The third kappa shape index (κ3) is 5.09. The van der Waals surface area contributed by atoms with E-state index in [1.807, 2.05) is 13.8 Å². The first-order valence-electron chi connectivity index (χ1n) is 11.0. The first-order chi connectivity index (χ1) is 16.7. The van der Waals surface area contributed by atoms with Gasteiger partial charge in [0.2, 0.25) is 21.2 Å². The van der Waals surface area contributed by atoms with Crippen molar-refractivity contribution < 1.29 is 17.9 Å². The van der Waals surface area contributed by atoms with E-state index in [2.05, 4.69) is 10.3 Å². The predicted octanol–water partition coefficient (Wildman–Crippen LogP) is 3.88. The van der Waals surface area contributed by atoms with Crippen molar-refractivity contribution in [1.29, 1.82) is 0 Å². The van der Waals surface area contributed by atoms with Crippen LogP contribution in [0.25, 0.3) is 11.0 Å². The molecule has 8 nitrogen and oxygen atoms in total. The molecule has 180 valence electrons. The average Bonchev–Trinajstić information content (AvgIpc) is 2.82. The summed E-state index contributed by atoms with van der Waals surface area (Å²) < 4.78 is 33.5. The van der Waals surface area contributed by atoms with E-state index in [-0.39, 0.29) is 22.5 Å². The second-order valence-corrected chi connectivity index (χ2v) is 10.0. The molecule has 0 bridgehead atoms. The molecule has 0 saturated carbocycles. The van der Waals surface area contributed by atoms with E-state index in [0.717, 1.165) is 5.56 Å². The Morgan fingerprint density at radius 2 is 1.69 bits per heavy atom. The number of fused-ring (bicyclic) bond motifs is 1. The number of aromatic nitrogens is 2. The van der Waals surface area contributed by atoms with Gasteiger partial charge >= 0.3 is 0 Å². The van der Waals surface area contributed by atoms with Crippen LogP contribution in [-0.4, -0.2) is 30.5 Å². The molecule has 9 heteroatoms. The number of rotatable bonds is 7. The smallest absolute Gasteiger partial charge is 0.244 e. The highest BCUT2D eigenvalue weighted by Gasteiger charge is 2.24. The van der Waals surface area contributed by atoms with Crippen LogP contribution in [0, 0.1) is 13.8 Å². The van der Waals surface area contributed by atoms with E-state index < -0.39 is 26.1 Å². The summed E-state index contributed by atoms with van der Waals surface area (Å²) in [4.78, 5) is 30.1. The van der Waals surface area contributed by atoms with Gasteiger partial charge in [-0.05, 0) is 69.3 Å². The molecule has 2 aromatic heterocycles. The number of nitrogens with zero attached hydrogens (tertiary/aromatic N) is 2. The van der Waals surface area contributed by atoms with Crippen molar-refractivity contribution in [2.24, 2.45) is 0 Å². The van der Waals surface area contributed by atoms with Crippen LogP contribution in [0.1, 0.15) is 18.2 Å². The van der Waals surface area contributed by atoms with Crippen LogP contribution >= 0.6 is 0 Å². The molecular weight excluding hydrogens is 466 g/mol. The lowest BCUT2D eigenvalue weighted by atomic mass is 10.2. The Labute approximate surface area is 203 Å². The summed E-state index contributed by atoms with van der Waals surface area (Å²) in [7, 11) is -4.12. The molecule has 0 aliphatic rings. The normalized spacial score (nSPS) is 11.4. The highest BCUT2D eigenvalue weighted by molar-refractivity contribution is 7.91. The number of benzene rings is 2. The fourth-order valence-electron chi connectivity index (χ4n) is 3.65. The number of aryl methyl sites for hydroxylation is 2. The van der Waals surface area contributed by atoms with Crippen molar-refractivity contribution in [1.82, 2.24) is 9.55 Å². The second-order valence-electron chi connectivity index (χ2n) is 8.10. The number of pyridine rings is 2. The van der Waals surface area contributed by atoms with Gasteiger partial charge in [-0.25, -0.2) is 13.4 Å². The van der Waals surface area contributed by atoms with E-state index in [0.29, 0.717) is 23.7 Å². The quantitative estimate of drug-likeness (QED) is 0.420. The highest BCUT2D eigenvalue weighted by Crippen LogP contribution is 2.22. The number of carbonyl (C=O) groups is 1. The number of anilines is 1. The van der Waals surface area contributed by atoms with Gasteiger partial charge in [-0.15, -0.1) is 0 Å². The Bertz CT molecular complexity index is 1560. The summed E-state index contributed by atoms with van der Waals surface area (Å²) in [5.41, 5.74) is 1.66. The molecule has 0 unspecified atom stereocenters.